The number of aromatic amines is 1. The highest BCUT2D eigenvalue weighted by atomic mass is 32.2. The Hall–Kier alpha value is -4.91. The Morgan fingerprint density at radius 1 is 0.985 bits per heavy atom. The molecule has 2 saturated heterocycles. The molecule has 0 spiro atoms. The van der Waals surface area contributed by atoms with Crippen molar-refractivity contribution in [3.8, 4) is 10.4 Å². The van der Waals surface area contributed by atoms with Gasteiger partial charge in [0, 0.05) is 49.5 Å². The van der Waals surface area contributed by atoms with Crippen LogP contribution < -0.4 is 26.8 Å². The fraction of sp³-hybridized carbons (Fsp3) is 0.580. The van der Waals surface area contributed by atoms with Gasteiger partial charge < -0.3 is 36.3 Å². The predicted molar refractivity (Wildman–Crippen MR) is 267 cm³/mol. The SMILES string of the molecule is Cc1ncsc1-c1ccc(CNC(=O)[C@@H]2C[C@@H](O)CN2C(=O)[C@@H](NC(=O)CCCCCCNC(=O)CN2CCC(SCc3nc4cc(NC5CCCC5)cc(F)c4c(=O)[nH]3)CC2)C(C)(C)C)cc1. The third-order valence-corrected chi connectivity index (χ3v) is 15.6. The summed E-state index contributed by atoms with van der Waals surface area (Å²) in [4.78, 5) is 82.6. The largest absolute Gasteiger partial charge is 0.391 e. The first-order valence-electron chi connectivity index (χ1n) is 24.3. The molecule has 0 radical (unpaired) electrons. The highest BCUT2D eigenvalue weighted by Crippen LogP contribution is 2.30. The summed E-state index contributed by atoms with van der Waals surface area (Å²) in [6.07, 6.45) is 8.78. The quantitative estimate of drug-likeness (QED) is 0.0534. The van der Waals surface area contributed by atoms with Gasteiger partial charge in [0.05, 0.1) is 40.0 Å². The summed E-state index contributed by atoms with van der Waals surface area (Å²) in [5.41, 5.74) is 4.66. The number of aryl methyl sites for hydroxylation is 1. The van der Waals surface area contributed by atoms with Gasteiger partial charge in [0.25, 0.3) is 5.56 Å². The molecule has 2 aromatic heterocycles. The molecule has 68 heavy (non-hydrogen) atoms. The van der Waals surface area contributed by atoms with Crippen LogP contribution in [-0.4, -0.2) is 116 Å². The Balaban J connectivity index is 0.762. The monoisotopic (exact) mass is 973 g/mol. The van der Waals surface area contributed by atoms with Gasteiger partial charge in [-0.3, -0.25) is 28.9 Å². The number of carbonyl (C=O) groups is 4. The number of aliphatic hydroxyl groups is 1. The molecule has 4 aromatic rings. The third-order valence-electron chi connectivity index (χ3n) is 13.3. The number of nitrogens with one attached hydrogen (secondary N) is 5. The number of hydrogen-bond acceptors (Lipinski definition) is 12. The maximum absolute atomic E-state index is 14.9. The number of β-amino-alcohol motifs (C(OH)–C–C–N with tert-alkyl or cyclic N) is 1. The number of thiazole rings is 1. The van der Waals surface area contributed by atoms with E-state index in [4.69, 9.17) is 0 Å². The van der Waals surface area contributed by atoms with E-state index in [0.29, 0.717) is 53.6 Å². The molecule has 368 valence electrons. The molecular formula is C50H68FN9O6S2. The number of aliphatic hydroxyl groups excluding tert-OH is 1. The van der Waals surface area contributed by atoms with Crippen LogP contribution in [0.3, 0.4) is 0 Å². The van der Waals surface area contributed by atoms with Crippen molar-refractivity contribution < 1.29 is 28.7 Å². The fourth-order valence-corrected chi connectivity index (χ4v) is 11.3. The zero-order chi connectivity index (χ0) is 48.4. The number of carbonyl (C=O) groups excluding carboxylic acids is 4. The summed E-state index contributed by atoms with van der Waals surface area (Å²) in [5, 5.41) is 23.2. The summed E-state index contributed by atoms with van der Waals surface area (Å²) in [7, 11) is 0. The molecule has 6 N–H and O–H groups in total. The fourth-order valence-electron chi connectivity index (χ4n) is 9.42. The average molecular weight is 974 g/mol. The molecule has 0 unspecified atom stereocenters. The molecular weight excluding hydrogens is 906 g/mol. The number of thioether (sulfide) groups is 1. The molecule has 0 bridgehead atoms. The molecule has 2 aliphatic heterocycles. The van der Waals surface area contributed by atoms with Crippen molar-refractivity contribution in [3.63, 3.8) is 0 Å². The Morgan fingerprint density at radius 2 is 1.72 bits per heavy atom. The molecule has 4 heterocycles. The van der Waals surface area contributed by atoms with E-state index in [-0.39, 0.29) is 54.9 Å². The summed E-state index contributed by atoms with van der Waals surface area (Å²) in [6, 6.07) is 9.64. The molecule has 18 heteroatoms. The van der Waals surface area contributed by atoms with Crippen molar-refractivity contribution in [2.45, 2.75) is 147 Å². The number of halogens is 1. The lowest BCUT2D eigenvalue weighted by Crippen LogP contribution is -2.57. The van der Waals surface area contributed by atoms with E-state index in [2.05, 4.69) is 41.1 Å². The lowest BCUT2D eigenvalue weighted by molar-refractivity contribution is -0.144. The van der Waals surface area contributed by atoms with Crippen LogP contribution in [0.15, 0.2) is 46.7 Å². The standard InChI is InChI=1S/C50H68FN9O6S2/c1-31-45(68-30-54-31)33-16-14-32(15-17-33)26-53-47(64)40-25-36(61)27-60(40)49(66)46(50(2,3)4)58-42(62)13-7-5-6-10-20-52-43(63)28-59-21-18-37(19-22-59)67-29-41-56-39-24-35(55-34-11-8-9-12-34)23-38(51)44(39)48(65)57-41/h14-17,23-24,30,34,36-37,40,46,55,61H,5-13,18-22,25-29H2,1-4H3,(H,52,63)(H,53,64)(H,58,62)(H,56,57,65)/t36-,40+,46-/m1/s1. The van der Waals surface area contributed by atoms with Crippen LogP contribution in [0.25, 0.3) is 21.3 Å². The molecule has 3 atom stereocenters. The molecule has 2 aromatic carbocycles. The van der Waals surface area contributed by atoms with E-state index in [0.717, 1.165) is 92.6 Å². The van der Waals surface area contributed by atoms with E-state index >= 15 is 0 Å². The topological polar surface area (TPSA) is 202 Å². The van der Waals surface area contributed by atoms with Crippen LogP contribution >= 0.6 is 23.1 Å². The lowest BCUT2D eigenvalue weighted by atomic mass is 9.85. The molecule has 4 amide bonds. The minimum Gasteiger partial charge on any atom is -0.391 e. The number of fused-ring (bicyclic) bond motifs is 1. The van der Waals surface area contributed by atoms with Gasteiger partial charge in [-0.15, -0.1) is 11.3 Å². The second kappa shape index (κ2) is 23.6. The molecule has 7 rings (SSSR count). The Morgan fingerprint density at radius 3 is 2.43 bits per heavy atom. The van der Waals surface area contributed by atoms with Gasteiger partial charge in [0.15, 0.2) is 0 Å². The van der Waals surface area contributed by atoms with Crippen molar-refractivity contribution in [3.05, 3.63) is 75.2 Å². The Bertz CT molecular complexity index is 2430. The van der Waals surface area contributed by atoms with Gasteiger partial charge in [-0.1, -0.05) is 70.7 Å². The number of unbranched alkanes of at least 4 members (excludes halogenated alkanes) is 3. The summed E-state index contributed by atoms with van der Waals surface area (Å²) in [6.45, 7) is 10.3. The van der Waals surface area contributed by atoms with Gasteiger partial charge in [-0.05, 0) is 87.2 Å². The van der Waals surface area contributed by atoms with E-state index in [1.807, 2.05) is 57.5 Å². The van der Waals surface area contributed by atoms with E-state index < -0.39 is 35.0 Å². The lowest BCUT2D eigenvalue weighted by Gasteiger charge is -2.35. The number of nitrogens with zero attached hydrogens (tertiary/aromatic N) is 4. The van der Waals surface area contributed by atoms with Crippen molar-refractivity contribution in [2.24, 2.45) is 5.41 Å². The summed E-state index contributed by atoms with van der Waals surface area (Å²) in [5.74, 6) is -0.519. The second-order valence-corrected chi connectivity index (χ2v) is 21.9. The van der Waals surface area contributed by atoms with E-state index in [1.165, 1.54) is 11.0 Å². The number of anilines is 1. The van der Waals surface area contributed by atoms with Gasteiger partial charge in [0.2, 0.25) is 23.6 Å². The Kier molecular flexibility index (Phi) is 17.7. The van der Waals surface area contributed by atoms with E-state index in [9.17, 15) is 33.5 Å². The maximum atomic E-state index is 14.9. The van der Waals surface area contributed by atoms with Crippen LogP contribution in [0.4, 0.5) is 10.1 Å². The number of hydrogen-bond donors (Lipinski definition) is 6. The first-order valence-corrected chi connectivity index (χ1v) is 26.2. The van der Waals surface area contributed by atoms with Gasteiger partial charge in [-0.2, -0.15) is 11.8 Å². The maximum Gasteiger partial charge on any atom is 0.261 e. The first-order chi connectivity index (χ1) is 32.6. The molecule has 1 aliphatic carbocycles. The highest BCUT2D eigenvalue weighted by Gasteiger charge is 2.44. The van der Waals surface area contributed by atoms with Crippen LogP contribution in [0.1, 0.15) is 115 Å². The van der Waals surface area contributed by atoms with Gasteiger partial charge in [-0.25, -0.2) is 14.4 Å². The number of likely N-dealkylation sites (tertiary alicyclic amines) is 2. The zero-order valence-corrected chi connectivity index (χ0v) is 41.5. The molecule has 3 fully saturated rings. The number of rotatable bonds is 20. The van der Waals surface area contributed by atoms with Gasteiger partial charge >= 0.3 is 0 Å². The summed E-state index contributed by atoms with van der Waals surface area (Å²) < 4.78 is 14.9. The third kappa shape index (κ3) is 13.9. The average Bonchev–Trinajstić information content (AvgIpc) is 4.08. The van der Waals surface area contributed by atoms with Crippen LogP contribution in [0.5, 0.6) is 0 Å². The number of amides is 4. The van der Waals surface area contributed by atoms with Crippen LogP contribution in [0, 0.1) is 18.2 Å². The predicted octanol–water partition coefficient (Wildman–Crippen LogP) is 6.42. The van der Waals surface area contributed by atoms with Crippen molar-refractivity contribution in [1.82, 2.24) is 40.7 Å². The van der Waals surface area contributed by atoms with Crippen molar-refractivity contribution >= 4 is 63.3 Å². The second-order valence-electron chi connectivity index (χ2n) is 19.7. The summed E-state index contributed by atoms with van der Waals surface area (Å²) >= 11 is 3.30. The minimum atomic E-state index is -0.886. The number of piperidine rings is 1. The zero-order valence-electron chi connectivity index (χ0n) is 39.8. The first kappa shape index (κ1) is 51.0. The molecule has 1 saturated carbocycles. The molecule has 15 nitrogen and oxygen atoms in total. The Labute approximate surface area is 406 Å². The van der Waals surface area contributed by atoms with Gasteiger partial charge in [0.1, 0.15) is 29.1 Å². The smallest absolute Gasteiger partial charge is 0.261 e. The number of aromatic nitrogens is 3. The van der Waals surface area contributed by atoms with E-state index in [1.54, 1.807) is 29.2 Å². The number of benzene rings is 2. The normalized spacial score (nSPS) is 18.8. The highest BCUT2D eigenvalue weighted by molar-refractivity contribution is 7.99. The van der Waals surface area contributed by atoms with Crippen LogP contribution in [0.2, 0.25) is 0 Å². The molecule has 3 aliphatic rings. The number of H-pyrrole nitrogens is 1. The minimum absolute atomic E-state index is 0.0114. The van der Waals surface area contributed by atoms with Crippen LogP contribution in [-0.2, 0) is 31.5 Å². The van der Waals surface area contributed by atoms with Crippen molar-refractivity contribution in [1.29, 1.82) is 0 Å². The van der Waals surface area contributed by atoms with Crippen molar-refractivity contribution in [2.75, 3.05) is 38.0 Å².